The first kappa shape index (κ1) is 16.1. The summed E-state index contributed by atoms with van der Waals surface area (Å²) in [7, 11) is 0. The Hall–Kier alpha value is -2.77. The topological polar surface area (TPSA) is 75.4 Å². The third-order valence-corrected chi connectivity index (χ3v) is 3.88. The van der Waals surface area contributed by atoms with Gasteiger partial charge in [-0.25, -0.2) is 8.78 Å². The summed E-state index contributed by atoms with van der Waals surface area (Å²) in [6.07, 6.45) is 2.42. The van der Waals surface area contributed by atoms with Crippen LogP contribution in [0.3, 0.4) is 0 Å². The largest absolute Gasteiger partial charge is 0.364 e. The van der Waals surface area contributed by atoms with Crippen LogP contribution in [0.2, 0.25) is 0 Å². The Morgan fingerprint density at radius 3 is 2.92 bits per heavy atom. The predicted octanol–water partition coefficient (Wildman–Crippen LogP) is 1.87. The van der Waals surface area contributed by atoms with Crippen LogP contribution in [0.25, 0.3) is 0 Å². The van der Waals surface area contributed by atoms with Crippen LogP contribution in [-0.4, -0.2) is 34.5 Å². The van der Waals surface area contributed by atoms with Crippen LogP contribution in [0.5, 0.6) is 0 Å². The summed E-state index contributed by atoms with van der Waals surface area (Å²) in [5.41, 5.74) is 0.317. The fourth-order valence-corrected chi connectivity index (χ4v) is 2.65. The minimum atomic E-state index is -0.702. The van der Waals surface area contributed by atoms with Crippen LogP contribution in [0.1, 0.15) is 28.9 Å². The summed E-state index contributed by atoms with van der Waals surface area (Å²) in [4.78, 5) is 25.9. The number of carbonyl (C=O) groups excluding carboxylic acids is 2. The van der Waals surface area contributed by atoms with Gasteiger partial charge in [0.25, 0.3) is 5.91 Å². The molecule has 3 rings (SSSR count). The molecule has 2 heterocycles. The maximum absolute atomic E-state index is 13.8. The number of nitrogens with zero attached hydrogens (tertiary/aromatic N) is 2. The van der Waals surface area contributed by atoms with Crippen LogP contribution >= 0.6 is 0 Å². The fraction of sp³-hybridized carbons (Fsp3) is 0.312. The SMILES string of the molecule is O=C(N[C@@H]1CCCN(Cc2ccc(F)cc2F)C1=O)c1ccon1. The van der Waals surface area contributed by atoms with E-state index in [0.29, 0.717) is 19.4 Å². The highest BCUT2D eigenvalue weighted by molar-refractivity contribution is 5.96. The zero-order chi connectivity index (χ0) is 17.1. The number of piperidine rings is 1. The van der Waals surface area contributed by atoms with Crippen molar-refractivity contribution in [3.05, 3.63) is 53.4 Å². The van der Waals surface area contributed by atoms with Gasteiger partial charge in [0.2, 0.25) is 5.91 Å². The number of carbonyl (C=O) groups is 2. The number of hydrogen-bond acceptors (Lipinski definition) is 4. The number of amides is 2. The lowest BCUT2D eigenvalue weighted by molar-refractivity contribution is -0.136. The van der Waals surface area contributed by atoms with Crippen LogP contribution in [0.4, 0.5) is 8.78 Å². The minimum absolute atomic E-state index is 0.0290. The van der Waals surface area contributed by atoms with Crippen LogP contribution < -0.4 is 5.32 Å². The van der Waals surface area contributed by atoms with E-state index in [4.69, 9.17) is 0 Å². The second kappa shape index (κ2) is 6.77. The molecular weight excluding hydrogens is 320 g/mol. The number of likely N-dealkylation sites (tertiary alicyclic amines) is 1. The number of aromatic nitrogens is 1. The Balaban J connectivity index is 1.67. The van der Waals surface area contributed by atoms with Crippen molar-refractivity contribution in [3.63, 3.8) is 0 Å². The first-order chi connectivity index (χ1) is 11.5. The highest BCUT2D eigenvalue weighted by Crippen LogP contribution is 2.18. The Bertz CT molecular complexity index is 749. The van der Waals surface area contributed by atoms with Crippen molar-refractivity contribution in [1.29, 1.82) is 0 Å². The quantitative estimate of drug-likeness (QED) is 0.926. The van der Waals surface area contributed by atoms with E-state index in [1.54, 1.807) is 0 Å². The van der Waals surface area contributed by atoms with Gasteiger partial charge in [0, 0.05) is 30.8 Å². The molecule has 2 amide bonds. The second-order valence-corrected chi connectivity index (χ2v) is 5.55. The van der Waals surface area contributed by atoms with E-state index in [1.807, 2.05) is 0 Å². The summed E-state index contributed by atoms with van der Waals surface area (Å²) in [5, 5.41) is 6.12. The van der Waals surface area contributed by atoms with Gasteiger partial charge in [-0.1, -0.05) is 11.2 Å². The number of nitrogens with one attached hydrogen (secondary N) is 1. The van der Waals surface area contributed by atoms with Crippen LogP contribution in [-0.2, 0) is 11.3 Å². The van der Waals surface area contributed by atoms with Gasteiger partial charge in [-0.2, -0.15) is 0 Å². The van der Waals surface area contributed by atoms with E-state index in [1.165, 1.54) is 23.3 Å². The molecule has 126 valence electrons. The highest BCUT2D eigenvalue weighted by Gasteiger charge is 2.31. The van der Waals surface area contributed by atoms with Crippen LogP contribution in [0.15, 0.2) is 35.1 Å². The van der Waals surface area contributed by atoms with Crippen molar-refractivity contribution in [1.82, 2.24) is 15.4 Å². The van der Waals surface area contributed by atoms with Crippen molar-refractivity contribution >= 4 is 11.8 Å². The van der Waals surface area contributed by atoms with Gasteiger partial charge < -0.3 is 14.7 Å². The molecule has 2 aromatic rings. The number of benzene rings is 1. The van der Waals surface area contributed by atoms with E-state index < -0.39 is 23.6 Å². The number of hydrogen-bond donors (Lipinski definition) is 1. The van der Waals surface area contributed by atoms with Gasteiger partial charge in [0.1, 0.15) is 23.9 Å². The summed E-state index contributed by atoms with van der Waals surface area (Å²) in [6, 6.07) is 3.94. The van der Waals surface area contributed by atoms with Gasteiger partial charge in [-0.15, -0.1) is 0 Å². The number of rotatable bonds is 4. The normalized spacial score (nSPS) is 17.8. The standard InChI is InChI=1S/C16H15F2N3O3/c17-11-4-3-10(12(18)8-11)9-21-6-1-2-14(16(21)23)19-15(22)13-5-7-24-20-13/h3-5,7-8,14H,1-2,6,9H2,(H,19,22)/t14-/m1/s1. The zero-order valence-corrected chi connectivity index (χ0v) is 12.7. The maximum atomic E-state index is 13.8. The Kier molecular flexibility index (Phi) is 4.54. The van der Waals surface area contributed by atoms with Crippen molar-refractivity contribution in [2.45, 2.75) is 25.4 Å². The van der Waals surface area contributed by atoms with Gasteiger partial charge in [-0.05, 0) is 18.9 Å². The molecule has 1 aliphatic heterocycles. The Labute approximate surface area is 136 Å². The van der Waals surface area contributed by atoms with Gasteiger partial charge in [0.05, 0.1) is 0 Å². The molecular formula is C16H15F2N3O3. The molecule has 1 aromatic heterocycles. The molecule has 1 atom stereocenters. The summed E-state index contributed by atoms with van der Waals surface area (Å²) in [6.45, 7) is 0.479. The maximum Gasteiger partial charge on any atom is 0.274 e. The monoisotopic (exact) mass is 335 g/mol. The van der Waals surface area contributed by atoms with Crippen molar-refractivity contribution in [3.8, 4) is 0 Å². The number of halogens is 2. The molecule has 0 aliphatic carbocycles. The fourth-order valence-electron chi connectivity index (χ4n) is 2.65. The molecule has 1 N–H and O–H groups in total. The van der Waals surface area contributed by atoms with Crippen molar-refractivity contribution in [2.24, 2.45) is 0 Å². The van der Waals surface area contributed by atoms with Crippen LogP contribution in [0, 0.1) is 11.6 Å². The molecule has 0 spiro atoms. The highest BCUT2D eigenvalue weighted by atomic mass is 19.1. The average molecular weight is 335 g/mol. The first-order valence-electron chi connectivity index (χ1n) is 7.48. The van der Waals surface area contributed by atoms with Crippen molar-refractivity contribution in [2.75, 3.05) is 6.54 Å². The van der Waals surface area contributed by atoms with E-state index in [9.17, 15) is 18.4 Å². The Morgan fingerprint density at radius 2 is 2.21 bits per heavy atom. The van der Waals surface area contributed by atoms with E-state index in [2.05, 4.69) is 15.0 Å². The minimum Gasteiger partial charge on any atom is -0.364 e. The zero-order valence-electron chi connectivity index (χ0n) is 12.7. The lowest BCUT2D eigenvalue weighted by atomic mass is 10.0. The van der Waals surface area contributed by atoms with E-state index in [-0.39, 0.29) is 23.7 Å². The molecule has 0 radical (unpaired) electrons. The van der Waals surface area contributed by atoms with Gasteiger partial charge in [-0.3, -0.25) is 9.59 Å². The first-order valence-corrected chi connectivity index (χ1v) is 7.48. The average Bonchev–Trinajstić information content (AvgIpc) is 3.08. The lowest BCUT2D eigenvalue weighted by Crippen LogP contribution is -2.52. The lowest BCUT2D eigenvalue weighted by Gasteiger charge is -2.32. The summed E-state index contributed by atoms with van der Waals surface area (Å²) < 4.78 is 31.3. The third kappa shape index (κ3) is 3.42. The molecule has 1 aliphatic rings. The molecule has 6 nitrogen and oxygen atoms in total. The van der Waals surface area contributed by atoms with Gasteiger partial charge >= 0.3 is 0 Å². The molecule has 0 bridgehead atoms. The molecule has 24 heavy (non-hydrogen) atoms. The van der Waals surface area contributed by atoms with Gasteiger partial charge in [0.15, 0.2) is 5.69 Å². The molecule has 0 unspecified atom stereocenters. The summed E-state index contributed by atoms with van der Waals surface area (Å²) in [5.74, 6) is -2.17. The Morgan fingerprint density at radius 1 is 1.38 bits per heavy atom. The third-order valence-electron chi connectivity index (χ3n) is 3.88. The second-order valence-electron chi connectivity index (χ2n) is 5.55. The van der Waals surface area contributed by atoms with E-state index >= 15 is 0 Å². The summed E-state index contributed by atoms with van der Waals surface area (Å²) >= 11 is 0. The molecule has 1 saturated heterocycles. The van der Waals surface area contributed by atoms with E-state index in [0.717, 1.165) is 12.1 Å². The van der Waals surface area contributed by atoms with Crippen molar-refractivity contribution < 1.29 is 22.9 Å². The molecule has 0 saturated carbocycles. The smallest absolute Gasteiger partial charge is 0.274 e. The molecule has 8 heteroatoms. The molecule has 1 fully saturated rings. The molecule has 1 aromatic carbocycles. The predicted molar refractivity (Wildman–Crippen MR) is 78.8 cm³/mol.